The van der Waals surface area contributed by atoms with E-state index in [0.29, 0.717) is 6.54 Å². The zero-order chi connectivity index (χ0) is 13.8. The second-order valence-electron chi connectivity index (χ2n) is 5.43. The van der Waals surface area contributed by atoms with Crippen LogP contribution >= 0.6 is 11.3 Å². The molecule has 0 spiro atoms. The molecule has 1 rings (SSSR count). The minimum atomic E-state index is -0.474. The molecule has 0 aliphatic rings. The van der Waals surface area contributed by atoms with E-state index in [1.54, 1.807) is 11.3 Å². The maximum Gasteiger partial charge on any atom is 0.407 e. The molecular formula is C13H22N2O2S. The lowest BCUT2D eigenvalue weighted by Crippen LogP contribution is -2.41. The van der Waals surface area contributed by atoms with Gasteiger partial charge in [-0.1, -0.05) is 0 Å². The monoisotopic (exact) mass is 270 g/mol. The van der Waals surface area contributed by atoms with Crippen molar-refractivity contribution in [2.75, 3.05) is 6.54 Å². The van der Waals surface area contributed by atoms with Crippen molar-refractivity contribution in [3.8, 4) is 0 Å². The van der Waals surface area contributed by atoms with Gasteiger partial charge in [-0.2, -0.15) is 11.3 Å². The third kappa shape index (κ3) is 5.51. The fraction of sp³-hybridized carbons (Fsp3) is 0.615. The molecule has 0 fully saturated rings. The number of hydrogen-bond donors (Lipinski definition) is 2. The lowest BCUT2D eigenvalue weighted by atomic mass is 10.1. The predicted octanol–water partition coefficient (Wildman–Crippen LogP) is 2.45. The molecule has 0 aliphatic carbocycles. The second kappa shape index (κ2) is 6.20. The average Bonchev–Trinajstić information content (AvgIpc) is 2.59. The Morgan fingerprint density at radius 2 is 2.17 bits per heavy atom. The fourth-order valence-electron chi connectivity index (χ4n) is 1.48. The molecule has 1 atom stereocenters. The molecule has 0 radical (unpaired) electrons. The van der Waals surface area contributed by atoms with E-state index >= 15 is 0 Å². The van der Waals surface area contributed by atoms with Crippen molar-refractivity contribution in [3.63, 3.8) is 0 Å². The molecule has 18 heavy (non-hydrogen) atoms. The summed E-state index contributed by atoms with van der Waals surface area (Å²) in [4.78, 5) is 11.4. The second-order valence-corrected chi connectivity index (χ2v) is 6.17. The summed E-state index contributed by atoms with van der Waals surface area (Å²) in [5.74, 6) is 0. The number of hydrogen-bond acceptors (Lipinski definition) is 4. The van der Waals surface area contributed by atoms with Crippen molar-refractivity contribution >= 4 is 17.4 Å². The Hall–Kier alpha value is -1.07. The number of carbonyl (C=O) groups is 1. The van der Waals surface area contributed by atoms with Crippen LogP contribution in [0.1, 0.15) is 31.9 Å². The van der Waals surface area contributed by atoms with E-state index in [1.807, 2.05) is 20.8 Å². The van der Waals surface area contributed by atoms with E-state index in [9.17, 15) is 4.79 Å². The lowest BCUT2D eigenvalue weighted by molar-refractivity contribution is 0.0524. The van der Waals surface area contributed by atoms with E-state index in [0.717, 1.165) is 6.42 Å². The van der Waals surface area contributed by atoms with Crippen molar-refractivity contribution in [2.24, 2.45) is 5.73 Å². The number of amides is 1. The van der Waals surface area contributed by atoms with Gasteiger partial charge in [0.25, 0.3) is 0 Å². The lowest BCUT2D eigenvalue weighted by Gasteiger charge is -2.20. The number of alkyl carbamates (subject to hydrolysis) is 1. The van der Waals surface area contributed by atoms with E-state index in [1.165, 1.54) is 11.1 Å². The molecule has 1 unspecified atom stereocenters. The average molecular weight is 270 g/mol. The van der Waals surface area contributed by atoms with Gasteiger partial charge >= 0.3 is 6.09 Å². The van der Waals surface area contributed by atoms with Crippen molar-refractivity contribution in [1.82, 2.24) is 5.32 Å². The van der Waals surface area contributed by atoms with Gasteiger partial charge in [-0.25, -0.2) is 4.79 Å². The predicted molar refractivity (Wildman–Crippen MR) is 75.0 cm³/mol. The molecule has 4 nitrogen and oxygen atoms in total. The first-order valence-electron chi connectivity index (χ1n) is 6.02. The Labute approximate surface area is 113 Å². The van der Waals surface area contributed by atoms with Gasteiger partial charge in [0.05, 0.1) is 0 Å². The van der Waals surface area contributed by atoms with Crippen LogP contribution in [0.15, 0.2) is 10.8 Å². The Kier molecular flexibility index (Phi) is 5.16. The third-order valence-corrected chi connectivity index (χ3v) is 3.26. The van der Waals surface area contributed by atoms with Crippen LogP contribution in [0, 0.1) is 6.92 Å². The van der Waals surface area contributed by atoms with Gasteiger partial charge in [0.1, 0.15) is 5.60 Å². The number of carbonyl (C=O) groups excluding carboxylic acids is 1. The molecule has 1 aromatic rings. The fourth-order valence-corrected chi connectivity index (χ4v) is 2.35. The Morgan fingerprint density at radius 1 is 1.50 bits per heavy atom. The van der Waals surface area contributed by atoms with Crippen LogP contribution in [0.4, 0.5) is 4.79 Å². The number of thiophene rings is 1. The quantitative estimate of drug-likeness (QED) is 0.883. The van der Waals surface area contributed by atoms with Crippen LogP contribution in [0.2, 0.25) is 0 Å². The summed E-state index contributed by atoms with van der Waals surface area (Å²) in [5.41, 5.74) is 8.01. The summed E-state index contributed by atoms with van der Waals surface area (Å²) in [6.07, 6.45) is 0.352. The smallest absolute Gasteiger partial charge is 0.407 e. The number of ether oxygens (including phenoxy) is 1. The van der Waals surface area contributed by atoms with Gasteiger partial charge in [0, 0.05) is 12.6 Å². The van der Waals surface area contributed by atoms with Gasteiger partial charge in [-0.05, 0) is 56.0 Å². The molecule has 1 amide bonds. The minimum Gasteiger partial charge on any atom is -0.444 e. The number of rotatable bonds is 4. The highest BCUT2D eigenvalue weighted by Crippen LogP contribution is 2.15. The molecule has 0 saturated heterocycles. The molecule has 1 heterocycles. The topological polar surface area (TPSA) is 64.3 Å². The van der Waals surface area contributed by atoms with E-state index in [2.05, 4.69) is 23.0 Å². The zero-order valence-corrected chi connectivity index (χ0v) is 12.3. The largest absolute Gasteiger partial charge is 0.444 e. The molecule has 0 aliphatic heterocycles. The summed E-state index contributed by atoms with van der Waals surface area (Å²) in [5, 5.41) is 6.89. The van der Waals surface area contributed by atoms with Crippen LogP contribution in [-0.4, -0.2) is 24.3 Å². The number of aryl methyl sites for hydroxylation is 1. The first-order chi connectivity index (χ1) is 8.28. The summed E-state index contributed by atoms with van der Waals surface area (Å²) in [7, 11) is 0. The Bertz CT molecular complexity index is 396. The van der Waals surface area contributed by atoms with Crippen molar-refractivity contribution in [3.05, 3.63) is 21.9 Å². The summed E-state index contributed by atoms with van der Waals surface area (Å²) < 4.78 is 5.14. The van der Waals surface area contributed by atoms with Gasteiger partial charge in [-0.3, -0.25) is 0 Å². The summed E-state index contributed by atoms with van der Waals surface area (Å²) >= 11 is 1.67. The first kappa shape index (κ1) is 15.0. The highest BCUT2D eigenvalue weighted by Gasteiger charge is 2.16. The molecule has 0 aromatic carbocycles. The molecular weight excluding hydrogens is 248 g/mol. The standard InChI is InChI=1S/C13H22N2O2S/c1-9-7-18-8-10(9)5-11(14)6-15-12(16)17-13(2,3)4/h7-8,11H,5-6,14H2,1-4H3,(H,15,16). The number of nitrogens with two attached hydrogens (primary N) is 1. The molecule has 0 bridgehead atoms. The Balaban J connectivity index is 2.31. The SMILES string of the molecule is Cc1cscc1CC(N)CNC(=O)OC(C)(C)C. The molecule has 3 N–H and O–H groups in total. The Morgan fingerprint density at radius 3 is 2.67 bits per heavy atom. The molecule has 5 heteroatoms. The van der Waals surface area contributed by atoms with Crippen LogP contribution in [-0.2, 0) is 11.2 Å². The van der Waals surface area contributed by atoms with Gasteiger partial charge in [0.2, 0.25) is 0 Å². The van der Waals surface area contributed by atoms with E-state index in [4.69, 9.17) is 10.5 Å². The molecule has 102 valence electrons. The van der Waals surface area contributed by atoms with Crippen LogP contribution in [0.3, 0.4) is 0 Å². The summed E-state index contributed by atoms with van der Waals surface area (Å²) in [6, 6.07) is -0.0918. The van der Waals surface area contributed by atoms with Gasteiger partial charge in [-0.15, -0.1) is 0 Å². The van der Waals surface area contributed by atoms with Crippen molar-refractivity contribution in [1.29, 1.82) is 0 Å². The molecule has 0 saturated carbocycles. The van der Waals surface area contributed by atoms with Gasteiger partial charge < -0.3 is 15.8 Å². The first-order valence-corrected chi connectivity index (χ1v) is 6.96. The zero-order valence-electron chi connectivity index (χ0n) is 11.4. The highest BCUT2D eigenvalue weighted by molar-refractivity contribution is 7.08. The maximum atomic E-state index is 11.4. The van der Waals surface area contributed by atoms with Crippen molar-refractivity contribution < 1.29 is 9.53 Å². The van der Waals surface area contributed by atoms with Gasteiger partial charge in [0.15, 0.2) is 0 Å². The summed E-state index contributed by atoms with van der Waals surface area (Å²) in [6.45, 7) is 7.99. The van der Waals surface area contributed by atoms with E-state index in [-0.39, 0.29) is 6.04 Å². The minimum absolute atomic E-state index is 0.0918. The van der Waals surface area contributed by atoms with Crippen molar-refractivity contribution in [2.45, 2.75) is 45.8 Å². The number of nitrogens with one attached hydrogen (secondary N) is 1. The van der Waals surface area contributed by atoms with Crippen LogP contribution in [0.5, 0.6) is 0 Å². The van der Waals surface area contributed by atoms with Crippen LogP contribution in [0.25, 0.3) is 0 Å². The third-order valence-electron chi connectivity index (χ3n) is 2.35. The maximum absolute atomic E-state index is 11.4. The van der Waals surface area contributed by atoms with Crippen LogP contribution < -0.4 is 11.1 Å². The molecule has 1 aromatic heterocycles. The highest BCUT2D eigenvalue weighted by atomic mass is 32.1. The van der Waals surface area contributed by atoms with E-state index < -0.39 is 11.7 Å². The normalized spacial score (nSPS) is 13.2.